The Balaban J connectivity index is 1.60. The van der Waals surface area contributed by atoms with E-state index in [0.29, 0.717) is 18.6 Å². The minimum Gasteiger partial charge on any atom is -0.427 e. The first-order chi connectivity index (χ1) is 10.2. The van der Waals surface area contributed by atoms with Gasteiger partial charge < -0.3 is 4.74 Å². The molecular formula is C17H15NO2S. The Hall–Kier alpha value is -2.20. The van der Waals surface area contributed by atoms with Crippen molar-refractivity contribution in [3.05, 3.63) is 59.1 Å². The summed E-state index contributed by atoms with van der Waals surface area (Å²) in [7, 11) is 0. The van der Waals surface area contributed by atoms with Gasteiger partial charge in [0.2, 0.25) is 0 Å². The van der Waals surface area contributed by atoms with Crippen molar-refractivity contribution in [2.75, 3.05) is 0 Å². The van der Waals surface area contributed by atoms with Gasteiger partial charge in [-0.25, -0.2) is 4.98 Å². The SMILES string of the molecule is Cc1cccc(OC(=O)CCc2nc3ccccc3s2)c1. The van der Waals surface area contributed by atoms with Crippen LogP contribution in [0.2, 0.25) is 0 Å². The number of hydrogen-bond acceptors (Lipinski definition) is 4. The Morgan fingerprint density at radius 2 is 2.05 bits per heavy atom. The van der Waals surface area contributed by atoms with Gasteiger partial charge in [-0.3, -0.25) is 4.79 Å². The summed E-state index contributed by atoms with van der Waals surface area (Å²) in [6.45, 7) is 1.97. The van der Waals surface area contributed by atoms with Gasteiger partial charge in [0, 0.05) is 6.42 Å². The predicted molar refractivity (Wildman–Crippen MR) is 84.8 cm³/mol. The van der Waals surface area contributed by atoms with Gasteiger partial charge in [-0.15, -0.1) is 11.3 Å². The number of ether oxygens (including phenoxy) is 1. The number of aryl methyl sites for hydroxylation is 2. The molecule has 106 valence electrons. The molecule has 0 aliphatic heterocycles. The van der Waals surface area contributed by atoms with E-state index in [4.69, 9.17) is 4.74 Å². The molecule has 0 N–H and O–H groups in total. The van der Waals surface area contributed by atoms with Crippen molar-refractivity contribution in [3.63, 3.8) is 0 Å². The molecule has 1 heterocycles. The highest BCUT2D eigenvalue weighted by Crippen LogP contribution is 2.22. The summed E-state index contributed by atoms with van der Waals surface area (Å²) in [6, 6.07) is 15.5. The van der Waals surface area contributed by atoms with Crippen molar-refractivity contribution in [1.29, 1.82) is 0 Å². The Labute approximate surface area is 127 Å². The molecule has 0 saturated heterocycles. The normalized spacial score (nSPS) is 10.7. The van der Waals surface area contributed by atoms with Gasteiger partial charge in [-0.05, 0) is 36.8 Å². The number of carbonyl (C=O) groups is 1. The van der Waals surface area contributed by atoms with Crippen molar-refractivity contribution < 1.29 is 9.53 Å². The molecule has 0 bridgehead atoms. The van der Waals surface area contributed by atoms with Gasteiger partial charge in [0.1, 0.15) is 5.75 Å². The molecule has 3 aromatic rings. The molecule has 4 heteroatoms. The Morgan fingerprint density at radius 1 is 1.19 bits per heavy atom. The van der Waals surface area contributed by atoms with E-state index in [9.17, 15) is 4.79 Å². The molecule has 0 atom stereocenters. The highest BCUT2D eigenvalue weighted by Gasteiger charge is 2.09. The lowest BCUT2D eigenvalue weighted by Crippen LogP contribution is -2.08. The number of esters is 1. The van der Waals surface area contributed by atoms with Crippen molar-refractivity contribution in [3.8, 4) is 5.75 Å². The van der Waals surface area contributed by atoms with Crippen LogP contribution in [0.4, 0.5) is 0 Å². The molecule has 0 radical (unpaired) electrons. The summed E-state index contributed by atoms with van der Waals surface area (Å²) in [4.78, 5) is 16.4. The second-order valence-electron chi connectivity index (χ2n) is 4.87. The van der Waals surface area contributed by atoms with E-state index in [0.717, 1.165) is 20.8 Å². The molecule has 1 aromatic heterocycles. The van der Waals surface area contributed by atoms with Crippen molar-refractivity contribution in [2.45, 2.75) is 19.8 Å². The Bertz CT molecular complexity index is 746. The third-order valence-electron chi connectivity index (χ3n) is 3.10. The zero-order valence-corrected chi connectivity index (χ0v) is 12.5. The average molecular weight is 297 g/mol. The summed E-state index contributed by atoms with van der Waals surface area (Å²) in [5.74, 6) is 0.379. The zero-order valence-electron chi connectivity index (χ0n) is 11.7. The quantitative estimate of drug-likeness (QED) is 0.536. The number of fused-ring (bicyclic) bond motifs is 1. The van der Waals surface area contributed by atoms with Crippen LogP contribution in [0.15, 0.2) is 48.5 Å². The van der Waals surface area contributed by atoms with Gasteiger partial charge in [-0.2, -0.15) is 0 Å². The monoisotopic (exact) mass is 297 g/mol. The maximum Gasteiger partial charge on any atom is 0.311 e. The van der Waals surface area contributed by atoms with Crippen LogP contribution in [0.1, 0.15) is 17.0 Å². The van der Waals surface area contributed by atoms with Gasteiger partial charge in [0.15, 0.2) is 0 Å². The molecule has 3 rings (SSSR count). The molecule has 0 amide bonds. The number of carbonyl (C=O) groups excluding carboxylic acids is 1. The molecule has 0 fully saturated rings. The van der Waals surface area contributed by atoms with Crippen molar-refractivity contribution >= 4 is 27.5 Å². The highest BCUT2D eigenvalue weighted by molar-refractivity contribution is 7.18. The fourth-order valence-corrected chi connectivity index (χ4v) is 3.06. The van der Waals surface area contributed by atoms with Gasteiger partial charge in [0.25, 0.3) is 0 Å². The first kappa shape index (κ1) is 13.8. The Kier molecular flexibility index (Phi) is 3.97. The predicted octanol–water partition coefficient (Wildman–Crippen LogP) is 4.14. The number of para-hydroxylation sites is 1. The highest BCUT2D eigenvalue weighted by atomic mass is 32.1. The molecule has 0 spiro atoms. The van der Waals surface area contributed by atoms with E-state index < -0.39 is 0 Å². The summed E-state index contributed by atoms with van der Waals surface area (Å²) in [6.07, 6.45) is 0.956. The third-order valence-corrected chi connectivity index (χ3v) is 4.20. The van der Waals surface area contributed by atoms with E-state index in [-0.39, 0.29) is 5.97 Å². The van der Waals surface area contributed by atoms with Crippen molar-refractivity contribution in [1.82, 2.24) is 4.98 Å². The zero-order chi connectivity index (χ0) is 14.7. The van der Waals surface area contributed by atoms with Crippen LogP contribution in [0.5, 0.6) is 5.75 Å². The lowest BCUT2D eigenvalue weighted by Gasteiger charge is -2.04. The lowest BCUT2D eigenvalue weighted by molar-refractivity contribution is -0.134. The summed E-state index contributed by atoms with van der Waals surface area (Å²) in [5.41, 5.74) is 2.07. The van der Waals surface area contributed by atoms with E-state index in [2.05, 4.69) is 4.98 Å². The number of thiazole rings is 1. The standard InChI is InChI=1S/C17H15NO2S/c1-12-5-4-6-13(11-12)20-17(19)10-9-16-18-14-7-2-3-8-15(14)21-16/h2-8,11H,9-10H2,1H3. The molecule has 0 aliphatic carbocycles. The van der Waals surface area contributed by atoms with Crippen LogP contribution in [0.3, 0.4) is 0 Å². The second kappa shape index (κ2) is 6.06. The number of aromatic nitrogens is 1. The van der Waals surface area contributed by atoms with Crippen LogP contribution in [0.25, 0.3) is 10.2 Å². The lowest BCUT2D eigenvalue weighted by atomic mass is 10.2. The largest absolute Gasteiger partial charge is 0.427 e. The van der Waals surface area contributed by atoms with Gasteiger partial charge >= 0.3 is 5.97 Å². The minimum absolute atomic E-state index is 0.222. The number of nitrogens with zero attached hydrogens (tertiary/aromatic N) is 1. The maximum absolute atomic E-state index is 11.9. The van der Waals surface area contributed by atoms with Crippen LogP contribution < -0.4 is 4.74 Å². The fraction of sp³-hybridized carbons (Fsp3) is 0.176. The average Bonchev–Trinajstić information content (AvgIpc) is 2.88. The molecule has 3 nitrogen and oxygen atoms in total. The number of hydrogen-bond donors (Lipinski definition) is 0. The molecule has 21 heavy (non-hydrogen) atoms. The fourth-order valence-electron chi connectivity index (χ4n) is 2.10. The summed E-state index contributed by atoms with van der Waals surface area (Å²) >= 11 is 1.63. The summed E-state index contributed by atoms with van der Waals surface area (Å²) in [5, 5.41) is 0.970. The maximum atomic E-state index is 11.9. The second-order valence-corrected chi connectivity index (χ2v) is 5.98. The molecule has 0 saturated carbocycles. The minimum atomic E-state index is -0.222. The first-order valence-electron chi connectivity index (χ1n) is 6.82. The van der Waals surface area contributed by atoms with Crippen molar-refractivity contribution in [2.24, 2.45) is 0 Å². The Morgan fingerprint density at radius 3 is 2.86 bits per heavy atom. The molecule has 0 unspecified atom stereocenters. The van der Waals surface area contributed by atoms with E-state index >= 15 is 0 Å². The van der Waals surface area contributed by atoms with E-state index in [1.165, 1.54) is 0 Å². The van der Waals surface area contributed by atoms with E-state index in [1.54, 1.807) is 17.4 Å². The molecular weight excluding hydrogens is 282 g/mol. The molecule has 0 aliphatic rings. The third kappa shape index (κ3) is 3.47. The smallest absolute Gasteiger partial charge is 0.311 e. The van der Waals surface area contributed by atoms with Crippen LogP contribution in [-0.4, -0.2) is 11.0 Å². The number of benzene rings is 2. The van der Waals surface area contributed by atoms with Crippen LogP contribution in [0, 0.1) is 6.92 Å². The first-order valence-corrected chi connectivity index (χ1v) is 7.64. The summed E-state index contributed by atoms with van der Waals surface area (Å²) < 4.78 is 6.48. The van der Waals surface area contributed by atoms with Gasteiger partial charge in [0.05, 0.1) is 21.6 Å². The topological polar surface area (TPSA) is 39.2 Å². The van der Waals surface area contributed by atoms with Crippen LogP contribution in [-0.2, 0) is 11.2 Å². The molecule has 2 aromatic carbocycles. The number of rotatable bonds is 4. The van der Waals surface area contributed by atoms with Crippen LogP contribution >= 0.6 is 11.3 Å². The van der Waals surface area contributed by atoms with E-state index in [1.807, 2.05) is 49.4 Å². The van der Waals surface area contributed by atoms with Gasteiger partial charge in [-0.1, -0.05) is 24.3 Å².